The molecule has 0 radical (unpaired) electrons. The topological polar surface area (TPSA) is 72.5 Å². The van der Waals surface area contributed by atoms with Crippen LogP contribution in [-0.2, 0) is 20.8 Å². The average Bonchev–Trinajstić information content (AvgIpc) is 3.37. The van der Waals surface area contributed by atoms with Gasteiger partial charge in [0.05, 0.1) is 13.7 Å². The number of hydrogen-bond donors (Lipinski definition) is 1. The molecular weight excluding hydrogens is 638 g/mol. The summed E-state index contributed by atoms with van der Waals surface area (Å²) in [5, 5.41) is 3.17. The summed E-state index contributed by atoms with van der Waals surface area (Å²) in [4.78, 5) is 18.5. The maximum atomic E-state index is 13.8. The maximum Gasteiger partial charge on any atom is 0.251 e. The van der Waals surface area contributed by atoms with E-state index in [9.17, 15) is 4.79 Å². The van der Waals surface area contributed by atoms with E-state index in [1.165, 1.54) is 5.56 Å². The first-order valence-corrected chi connectivity index (χ1v) is 18.3. The third-order valence-electron chi connectivity index (χ3n) is 9.69. The van der Waals surface area contributed by atoms with Crippen LogP contribution >= 0.6 is 0 Å². The molecule has 0 bridgehead atoms. The maximum absolute atomic E-state index is 13.8. The number of methoxy groups -OCH3 is 1. The van der Waals surface area contributed by atoms with Gasteiger partial charge in [0.1, 0.15) is 18.1 Å². The van der Waals surface area contributed by atoms with Crippen molar-refractivity contribution in [2.45, 2.75) is 51.6 Å². The van der Waals surface area contributed by atoms with Crippen LogP contribution in [0.3, 0.4) is 0 Å². The number of carbonyl (C=O) groups is 1. The van der Waals surface area contributed by atoms with E-state index in [-0.39, 0.29) is 5.91 Å². The molecule has 268 valence electrons. The van der Waals surface area contributed by atoms with E-state index in [2.05, 4.69) is 77.6 Å². The molecule has 1 amide bonds. The fraction of sp³-hybridized carbons (Fsp3) is 0.372. The Morgan fingerprint density at radius 1 is 0.902 bits per heavy atom. The van der Waals surface area contributed by atoms with Crippen LogP contribution in [-0.4, -0.2) is 70.6 Å². The standard InChI is InChI=1S/C43H51N3O5/c1-4-5-23-49-26-27-51-40-16-11-33(12-17-40)34-13-18-42-36(28-34)29-35(19-22-46(42)39-7-6-8-41(30-39)48-3)43(47)44-37-14-9-32(10-15-37)31-45(2)38-20-24-50-25-21-38/h6-18,28-30,38H,4-5,19-27,31H2,1-3H3,(H,44,47). The second kappa shape index (κ2) is 18.0. The van der Waals surface area contributed by atoms with E-state index in [0.717, 1.165) is 103 Å². The highest BCUT2D eigenvalue weighted by Crippen LogP contribution is 2.38. The number of ether oxygens (including phenoxy) is 4. The number of hydrogen-bond acceptors (Lipinski definition) is 7. The minimum absolute atomic E-state index is 0.0916. The van der Waals surface area contributed by atoms with Gasteiger partial charge in [0.15, 0.2) is 0 Å². The van der Waals surface area contributed by atoms with Gasteiger partial charge in [-0.15, -0.1) is 0 Å². The van der Waals surface area contributed by atoms with Gasteiger partial charge < -0.3 is 29.2 Å². The molecule has 0 unspecified atom stereocenters. The van der Waals surface area contributed by atoms with E-state index in [1.807, 2.05) is 48.5 Å². The molecule has 51 heavy (non-hydrogen) atoms. The Balaban J connectivity index is 1.19. The Bertz CT molecular complexity index is 1750. The van der Waals surface area contributed by atoms with Crippen molar-refractivity contribution < 1.29 is 23.7 Å². The van der Waals surface area contributed by atoms with Crippen LogP contribution in [0.4, 0.5) is 17.1 Å². The quantitative estimate of drug-likeness (QED) is 0.125. The number of carbonyl (C=O) groups excluding carboxylic acids is 1. The number of rotatable bonds is 15. The van der Waals surface area contributed by atoms with E-state index < -0.39 is 0 Å². The monoisotopic (exact) mass is 689 g/mol. The molecular formula is C43H51N3O5. The van der Waals surface area contributed by atoms with Gasteiger partial charge in [0.2, 0.25) is 0 Å². The summed E-state index contributed by atoms with van der Waals surface area (Å²) in [5.41, 5.74) is 7.91. The minimum Gasteiger partial charge on any atom is -0.497 e. The van der Waals surface area contributed by atoms with Gasteiger partial charge in [-0.1, -0.05) is 49.7 Å². The van der Waals surface area contributed by atoms with Crippen LogP contribution < -0.4 is 19.7 Å². The average molecular weight is 690 g/mol. The van der Waals surface area contributed by atoms with Crippen molar-refractivity contribution in [1.82, 2.24) is 4.90 Å². The van der Waals surface area contributed by atoms with Gasteiger partial charge in [0.25, 0.3) is 5.91 Å². The number of anilines is 3. The van der Waals surface area contributed by atoms with Crippen molar-refractivity contribution in [3.05, 3.63) is 108 Å². The molecule has 1 N–H and O–H groups in total. The molecule has 1 fully saturated rings. The lowest BCUT2D eigenvalue weighted by Gasteiger charge is -2.31. The van der Waals surface area contributed by atoms with Crippen LogP contribution in [0.5, 0.6) is 11.5 Å². The Morgan fingerprint density at radius 3 is 2.45 bits per heavy atom. The van der Waals surface area contributed by atoms with Crippen LogP contribution in [0.2, 0.25) is 0 Å². The minimum atomic E-state index is -0.0916. The molecule has 4 aromatic carbocycles. The second-order valence-electron chi connectivity index (χ2n) is 13.3. The van der Waals surface area contributed by atoms with E-state index >= 15 is 0 Å². The first-order chi connectivity index (χ1) is 25.0. The normalized spacial score (nSPS) is 14.8. The number of amides is 1. The van der Waals surface area contributed by atoms with E-state index in [1.54, 1.807) is 7.11 Å². The molecule has 2 aliphatic rings. The summed E-state index contributed by atoms with van der Waals surface area (Å²) in [6, 6.07) is 31.4. The van der Waals surface area contributed by atoms with Gasteiger partial charge in [-0.05, 0) is 110 Å². The Morgan fingerprint density at radius 2 is 1.69 bits per heavy atom. The molecule has 0 atom stereocenters. The lowest BCUT2D eigenvalue weighted by molar-refractivity contribution is -0.112. The third kappa shape index (κ3) is 9.79. The number of nitrogens with one attached hydrogen (secondary N) is 1. The van der Waals surface area contributed by atoms with Crippen LogP contribution in [0.25, 0.3) is 17.2 Å². The van der Waals surface area contributed by atoms with Gasteiger partial charge in [-0.3, -0.25) is 9.69 Å². The van der Waals surface area contributed by atoms with Crippen LogP contribution in [0.15, 0.2) is 96.6 Å². The van der Waals surface area contributed by atoms with Gasteiger partial charge in [-0.25, -0.2) is 0 Å². The summed E-state index contributed by atoms with van der Waals surface area (Å²) in [7, 11) is 3.86. The molecule has 2 aliphatic heterocycles. The Hall–Kier alpha value is -4.63. The van der Waals surface area contributed by atoms with Crippen molar-refractivity contribution in [3.63, 3.8) is 0 Å². The molecule has 0 saturated carbocycles. The Labute approximate surface area is 303 Å². The highest BCUT2D eigenvalue weighted by molar-refractivity contribution is 6.07. The molecule has 6 rings (SSSR count). The molecule has 8 heteroatoms. The summed E-state index contributed by atoms with van der Waals surface area (Å²) in [5.74, 6) is 1.51. The Kier molecular flexibility index (Phi) is 12.8. The van der Waals surface area contributed by atoms with Gasteiger partial charge in [-0.2, -0.15) is 0 Å². The summed E-state index contributed by atoms with van der Waals surface area (Å²) < 4.78 is 22.6. The molecule has 0 aliphatic carbocycles. The summed E-state index contributed by atoms with van der Waals surface area (Å²) >= 11 is 0. The SMILES string of the molecule is CCCCOCCOc1ccc(-c2ccc3c(c2)C=C(C(=O)Nc2ccc(CN(C)C4CCOCC4)cc2)CCN3c2cccc(OC)c2)cc1. The van der Waals surface area contributed by atoms with Crippen molar-refractivity contribution in [3.8, 4) is 22.6 Å². The number of fused-ring (bicyclic) bond motifs is 1. The summed E-state index contributed by atoms with van der Waals surface area (Å²) in [6.45, 7) is 7.20. The fourth-order valence-corrected chi connectivity index (χ4v) is 6.69. The lowest BCUT2D eigenvalue weighted by atomic mass is 10.00. The fourth-order valence-electron chi connectivity index (χ4n) is 6.69. The third-order valence-corrected chi connectivity index (χ3v) is 9.69. The van der Waals surface area contributed by atoms with E-state index in [4.69, 9.17) is 18.9 Å². The summed E-state index contributed by atoms with van der Waals surface area (Å²) in [6.07, 6.45) is 6.94. The number of unbranched alkanes of at least 4 members (excludes halogenated alkanes) is 1. The van der Waals surface area contributed by atoms with Crippen molar-refractivity contribution >= 4 is 29.0 Å². The molecule has 0 aromatic heterocycles. The van der Waals surface area contributed by atoms with Gasteiger partial charge in [0, 0.05) is 67.7 Å². The van der Waals surface area contributed by atoms with Gasteiger partial charge >= 0.3 is 0 Å². The van der Waals surface area contributed by atoms with Crippen LogP contribution in [0.1, 0.15) is 50.2 Å². The zero-order valence-electron chi connectivity index (χ0n) is 30.2. The molecule has 8 nitrogen and oxygen atoms in total. The van der Waals surface area contributed by atoms with Crippen molar-refractivity contribution in [2.24, 2.45) is 0 Å². The highest BCUT2D eigenvalue weighted by atomic mass is 16.5. The second-order valence-corrected chi connectivity index (χ2v) is 13.3. The first kappa shape index (κ1) is 36.2. The predicted molar refractivity (Wildman–Crippen MR) is 206 cm³/mol. The zero-order chi connectivity index (χ0) is 35.4. The molecule has 0 spiro atoms. The highest BCUT2D eigenvalue weighted by Gasteiger charge is 2.22. The number of benzene rings is 4. The molecule has 1 saturated heterocycles. The first-order valence-electron chi connectivity index (χ1n) is 18.3. The van der Waals surface area contributed by atoms with Crippen molar-refractivity contribution in [1.29, 1.82) is 0 Å². The molecule has 2 heterocycles. The van der Waals surface area contributed by atoms with E-state index in [0.29, 0.717) is 32.2 Å². The molecule has 4 aromatic rings. The zero-order valence-corrected chi connectivity index (χ0v) is 30.2. The lowest BCUT2D eigenvalue weighted by Crippen LogP contribution is -2.36. The van der Waals surface area contributed by atoms with Crippen LogP contribution in [0, 0.1) is 0 Å². The largest absolute Gasteiger partial charge is 0.497 e. The van der Waals surface area contributed by atoms with Crippen molar-refractivity contribution in [2.75, 3.05) is 64.0 Å². The predicted octanol–water partition coefficient (Wildman–Crippen LogP) is 8.73. The smallest absolute Gasteiger partial charge is 0.251 e. The number of nitrogens with zero attached hydrogens (tertiary/aromatic N) is 2.